The highest BCUT2D eigenvalue weighted by Crippen LogP contribution is 2.12. The lowest BCUT2D eigenvalue weighted by atomic mass is 10.2. The molecule has 1 atom stereocenters. The van der Waals surface area contributed by atoms with E-state index in [1.807, 2.05) is 0 Å². The van der Waals surface area contributed by atoms with Gasteiger partial charge in [0, 0.05) is 12.5 Å². The largest absolute Gasteiger partial charge is 0.479 e. The number of rotatable bonds is 4. The first kappa shape index (κ1) is 9.06. The van der Waals surface area contributed by atoms with Gasteiger partial charge in [-0.25, -0.2) is 0 Å². The Kier molecular flexibility index (Phi) is 3.10. The Labute approximate surface area is 71.1 Å². The van der Waals surface area contributed by atoms with Crippen molar-refractivity contribution >= 4 is 0 Å². The summed E-state index contributed by atoms with van der Waals surface area (Å²) in [7, 11) is 1.54. The van der Waals surface area contributed by atoms with E-state index in [9.17, 15) is 0 Å². The number of aliphatic hydroxyl groups is 1. The number of hydrogen-bond donors (Lipinski definition) is 1. The predicted molar refractivity (Wildman–Crippen MR) is 43.1 cm³/mol. The lowest BCUT2D eigenvalue weighted by molar-refractivity contribution is 0.181. The number of nitrogens with zero attached hydrogens (tertiary/aromatic N) is 1. The number of aryl methyl sites for hydroxylation is 1. The molecular weight excluding hydrogens is 158 g/mol. The quantitative estimate of drug-likeness (QED) is 0.734. The molecule has 0 bridgehead atoms. The van der Waals surface area contributed by atoms with Crippen molar-refractivity contribution in [2.24, 2.45) is 0 Å². The molecule has 1 rings (SSSR count). The highest BCUT2D eigenvalue weighted by atomic mass is 16.5. The number of aliphatic hydroxyl groups excluding tert-OH is 1. The van der Waals surface area contributed by atoms with Crippen molar-refractivity contribution in [2.45, 2.75) is 25.9 Å². The van der Waals surface area contributed by atoms with Crippen LogP contribution in [-0.4, -0.2) is 23.5 Å². The van der Waals surface area contributed by atoms with Crippen LogP contribution in [0.15, 0.2) is 10.6 Å². The standard InChI is InChI=1S/C8H13NO3/c1-6(10)3-4-7-5-8(11-2)9-12-7/h5-6,10H,3-4H2,1-2H3. The van der Waals surface area contributed by atoms with Gasteiger partial charge in [-0.2, -0.15) is 0 Å². The molecule has 0 radical (unpaired) electrons. The van der Waals surface area contributed by atoms with Crippen LogP contribution in [0.25, 0.3) is 0 Å². The van der Waals surface area contributed by atoms with E-state index in [0.717, 1.165) is 5.76 Å². The Balaban J connectivity index is 2.41. The topological polar surface area (TPSA) is 55.5 Å². The molecular formula is C8H13NO3. The molecule has 1 aromatic rings. The number of aromatic nitrogens is 1. The van der Waals surface area contributed by atoms with E-state index in [1.54, 1.807) is 13.0 Å². The molecule has 0 aromatic carbocycles. The minimum Gasteiger partial charge on any atom is -0.479 e. The molecule has 0 saturated heterocycles. The average molecular weight is 171 g/mol. The second-order valence-electron chi connectivity index (χ2n) is 2.72. The van der Waals surface area contributed by atoms with Gasteiger partial charge in [-0.05, 0) is 18.5 Å². The number of hydrogen-bond acceptors (Lipinski definition) is 4. The second kappa shape index (κ2) is 4.11. The lowest BCUT2D eigenvalue weighted by Crippen LogP contribution is -2.00. The fourth-order valence-electron chi connectivity index (χ4n) is 0.859. The zero-order chi connectivity index (χ0) is 8.97. The van der Waals surface area contributed by atoms with Crippen LogP contribution in [0.3, 0.4) is 0 Å². The van der Waals surface area contributed by atoms with Crippen LogP contribution in [0.2, 0.25) is 0 Å². The van der Waals surface area contributed by atoms with Gasteiger partial charge in [-0.3, -0.25) is 0 Å². The molecule has 1 heterocycles. The first-order valence-electron chi connectivity index (χ1n) is 3.90. The van der Waals surface area contributed by atoms with Crippen molar-refractivity contribution in [3.05, 3.63) is 11.8 Å². The van der Waals surface area contributed by atoms with Crippen LogP contribution in [0, 0.1) is 0 Å². The molecule has 0 saturated carbocycles. The van der Waals surface area contributed by atoms with Crippen LogP contribution in [0.5, 0.6) is 5.88 Å². The van der Waals surface area contributed by atoms with E-state index < -0.39 is 0 Å². The fourth-order valence-corrected chi connectivity index (χ4v) is 0.859. The van der Waals surface area contributed by atoms with Gasteiger partial charge >= 0.3 is 0 Å². The Hall–Kier alpha value is -1.03. The highest BCUT2D eigenvalue weighted by molar-refractivity contribution is 5.10. The summed E-state index contributed by atoms with van der Waals surface area (Å²) < 4.78 is 9.75. The van der Waals surface area contributed by atoms with Crippen LogP contribution in [0.4, 0.5) is 0 Å². The van der Waals surface area contributed by atoms with Gasteiger partial charge in [0.05, 0.1) is 13.2 Å². The molecule has 0 aliphatic heterocycles. The van der Waals surface area contributed by atoms with E-state index >= 15 is 0 Å². The molecule has 0 fully saturated rings. The first-order valence-corrected chi connectivity index (χ1v) is 3.90. The molecule has 0 aliphatic carbocycles. The van der Waals surface area contributed by atoms with Gasteiger partial charge in [-0.15, -0.1) is 0 Å². The predicted octanol–water partition coefficient (Wildman–Crippen LogP) is 0.997. The normalized spacial score (nSPS) is 12.9. The highest BCUT2D eigenvalue weighted by Gasteiger charge is 2.04. The van der Waals surface area contributed by atoms with E-state index in [2.05, 4.69) is 5.16 Å². The molecule has 0 spiro atoms. The Bertz CT molecular complexity index is 232. The minimum absolute atomic E-state index is 0.305. The van der Waals surface area contributed by atoms with Crippen molar-refractivity contribution in [2.75, 3.05) is 7.11 Å². The molecule has 1 unspecified atom stereocenters. The monoisotopic (exact) mass is 171 g/mol. The summed E-state index contributed by atoms with van der Waals surface area (Å²) in [6, 6.07) is 1.72. The molecule has 1 N–H and O–H groups in total. The van der Waals surface area contributed by atoms with Crippen molar-refractivity contribution in [3.8, 4) is 5.88 Å². The number of ether oxygens (including phenoxy) is 1. The summed E-state index contributed by atoms with van der Waals surface area (Å²) in [6.45, 7) is 1.74. The van der Waals surface area contributed by atoms with Gasteiger partial charge in [-0.1, -0.05) is 0 Å². The van der Waals surface area contributed by atoms with Crippen molar-refractivity contribution in [3.63, 3.8) is 0 Å². The molecule has 4 nitrogen and oxygen atoms in total. The van der Waals surface area contributed by atoms with Crippen LogP contribution in [0.1, 0.15) is 19.1 Å². The lowest BCUT2D eigenvalue weighted by Gasteiger charge is -1.98. The van der Waals surface area contributed by atoms with E-state index in [4.69, 9.17) is 14.4 Å². The average Bonchev–Trinajstić information content (AvgIpc) is 2.48. The van der Waals surface area contributed by atoms with E-state index in [0.29, 0.717) is 18.7 Å². The summed E-state index contributed by atoms with van der Waals surface area (Å²) in [6.07, 6.45) is 1.06. The zero-order valence-electron chi connectivity index (χ0n) is 7.28. The van der Waals surface area contributed by atoms with Crippen LogP contribution < -0.4 is 4.74 Å². The molecule has 12 heavy (non-hydrogen) atoms. The van der Waals surface area contributed by atoms with Gasteiger partial charge < -0.3 is 14.4 Å². The third-order valence-electron chi connectivity index (χ3n) is 1.55. The Morgan fingerprint density at radius 3 is 3.00 bits per heavy atom. The maximum atomic E-state index is 8.98. The summed E-state index contributed by atoms with van der Waals surface area (Å²) in [5.41, 5.74) is 0. The first-order chi connectivity index (χ1) is 5.72. The molecule has 4 heteroatoms. The summed E-state index contributed by atoms with van der Waals surface area (Å²) in [5.74, 6) is 1.23. The number of methoxy groups -OCH3 is 1. The summed E-state index contributed by atoms with van der Waals surface area (Å²) >= 11 is 0. The zero-order valence-corrected chi connectivity index (χ0v) is 7.28. The van der Waals surface area contributed by atoms with Crippen LogP contribution >= 0.6 is 0 Å². The summed E-state index contributed by atoms with van der Waals surface area (Å²) in [5, 5.41) is 12.6. The van der Waals surface area contributed by atoms with Gasteiger partial charge in [0.1, 0.15) is 5.76 Å². The third-order valence-corrected chi connectivity index (χ3v) is 1.55. The SMILES string of the molecule is COc1cc(CCC(C)O)on1. The maximum Gasteiger partial charge on any atom is 0.254 e. The fraction of sp³-hybridized carbons (Fsp3) is 0.625. The van der Waals surface area contributed by atoms with Gasteiger partial charge in [0.25, 0.3) is 5.88 Å². The maximum absolute atomic E-state index is 8.98. The second-order valence-corrected chi connectivity index (χ2v) is 2.72. The Morgan fingerprint density at radius 1 is 1.75 bits per heavy atom. The van der Waals surface area contributed by atoms with Gasteiger partial charge in [0.2, 0.25) is 0 Å². The van der Waals surface area contributed by atoms with E-state index in [1.165, 1.54) is 7.11 Å². The van der Waals surface area contributed by atoms with Crippen molar-refractivity contribution in [1.29, 1.82) is 0 Å². The molecule has 0 amide bonds. The third kappa shape index (κ3) is 2.54. The smallest absolute Gasteiger partial charge is 0.254 e. The van der Waals surface area contributed by atoms with Crippen molar-refractivity contribution in [1.82, 2.24) is 5.16 Å². The van der Waals surface area contributed by atoms with Crippen LogP contribution in [-0.2, 0) is 6.42 Å². The Morgan fingerprint density at radius 2 is 2.50 bits per heavy atom. The minimum atomic E-state index is -0.305. The van der Waals surface area contributed by atoms with Gasteiger partial charge in [0.15, 0.2) is 0 Å². The molecule has 1 aromatic heterocycles. The molecule has 68 valence electrons. The summed E-state index contributed by atoms with van der Waals surface area (Å²) in [4.78, 5) is 0. The molecule has 0 aliphatic rings. The van der Waals surface area contributed by atoms with Crippen molar-refractivity contribution < 1.29 is 14.4 Å². The van der Waals surface area contributed by atoms with E-state index in [-0.39, 0.29) is 6.10 Å².